The molecule has 1 aromatic rings. The van der Waals surface area contributed by atoms with Crippen LogP contribution in [-0.4, -0.2) is 26.6 Å². The quantitative estimate of drug-likeness (QED) is 0.800. The molecule has 0 bridgehead atoms. The van der Waals surface area contributed by atoms with Crippen LogP contribution < -0.4 is 11.1 Å². The first-order valence-electron chi connectivity index (χ1n) is 4.81. The zero-order valence-corrected chi connectivity index (χ0v) is 11.0. The predicted molar refractivity (Wildman–Crippen MR) is 66.6 cm³/mol. The standard InChI is InChI=1S/C10H13ClN2O3S/c1-6(10(14)13-2)17(15,16)9-5-7(11)3-4-8(9)12/h3-6H,12H2,1-2H3,(H,13,14). The molecule has 0 aliphatic heterocycles. The third kappa shape index (κ3) is 2.70. The molecule has 0 radical (unpaired) electrons. The van der Waals surface area contributed by atoms with Gasteiger partial charge in [-0.1, -0.05) is 11.6 Å². The first-order valence-corrected chi connectivity index (χ1v) is 6.73. The Kier molecular flexibility index (Phi) is 4.00. The molecule has 1 aromatic carbocycles. The molecule has 0 fully saturated rings. The number of nitrogens with two attached hydrogens (primary N) is 1. The van der Waals surface area contributed by atoms with Crippen molar-refractivity contribution < 1.29 is 13.2 Å². The summed E-state index contributed by atoms with van der Waals surface area (Å²) < 4.78 is 24.2. The van der Waals surface area contributed by atoms with Crippen molar-refractivity contribution in [3.05, 3.63) is 23.2 Å². The van der Waals surface area contributed by atoms with Gasteiger partial charge in [0.15, 0.2) is 9.84 Å². The van der Waals surface area contributed by atoms with Crippen molar-refractivity contribution in [2.75, 3.05) is 12.8 Å². The number of halogens is 1. The molecule has 0 aliphatic rings. The summed E-state index contributed by atoms with van der Waals surface area (Å²) in [5, 5.41) is 1.32. The van der Waals surface area contributed by atoms with Crippen LogP contribution in [0.4, 0.5) is 5.69 Å². The summed E-state index contributed by atoms with van der Waals surface area (Å²) in [6, 6.07) is 4.12. The Morgan fingerprint density at radius 3 is 2.59 bits per heavy atom. The number of carbonyl (C=O) groups excluding carboxylic acids is 1. The summed E-state index contributed by atoms with van der Waals surface area (Å²) >= 11 is 5.72. The normalized spacial score (nSPS) is 13.1. The van der Waals surface area contributed by atoms with Gasteiger partial charge in [0.1, 0.15) is 5.25 Å². The van der Waals surface area contributed by atoms with Gasteiger partial charge in [0, 0.05) is 12.1 Å². The SMILES string of the molecule is CNC(=O)C(C)S(=O)(=O)c1cc(Cl)ccc1N. The lowest BCUT2D eigenvalue weighted by atomic mass is 10.3. The average molecular weight is 277 g/mol. The summed E-state index contributed by atoms with van der Waals surface area (Å²) in [4.78, 5) is 11.2. The summed E-state index contributed by atoms with van der Waals surface area (Å²) in [6.45, 7) is 1.30. The highest BCUT2D eigenvalue weighted by molar-refractivity contribution is 7.93. The van der Waals surface area contributed by atoms with E-state index in [-0.39, 0.29) is 15.6 Å². The van der Waals surface area contributed by atoms with Crippen LogP contribution in [0.5, 0.6) is 0 Å². The van der Waals surface area contributed by atoms with Crippen molar-refractivity contribution in [2.24, 2.45) is 0 Å². The lowest BCUT2D eigenvalue weighted by molar-refractivity contribution is -0.119. The van der Waals surface area contributed by atoms with Gasteiger partial charge in [-0.2, -0.15) is 0 Å². The molecule has 5 nitrogen and oxygen atoms in total. The van der Waals surface area contributed by atoms with E-state index in [1.54, 1.807) is 0 Å². The number of amides is 1. The lowest BCUT2D eigenvalue weighted by Crippen LogP contribution is -2.36. The zero-order valence-electron chi connectivity index (χ0n) is 9.40. The minimum atomic E-state index is -3.82. The largest absolute Gasteiger partial charge is 0.398 e. The molecule has 3 N–H and O–H groups in total. The van der Waals surface area contributed by atoms with E-state index in [1.165, 1.54) is 32.2 Å². The van der Waals surface area contributed by atoms with Crippen LogP contribution in [0.15, 0.2) is 23.1 Å². The zero-order chi connectivity index (χ0) is 13.2. The van der Waals surface area contributed by atoms with Crippen LogP contribution >= 0.6 is 11.6 Å². The van der Waals surface area contributed by atoms with E-state index in [9.17, 15) is 13.2 Å². The van der Waals surface area contributed by atoms with Crippen molar-refractivity contribution in [2.45, 2.75) is 17.1 Å². The molecule has 0 saturated carbocycles. The molecule has 94 valence electrons. The van der Waals surface area contributed by atoms with E-state index in [0.717, 1.165) is 0 Å². The maximum atomic E-state index is 12.1. The highest BCUT2D eigenvalue weighted by atomic mass is 35.5. The van der Waals surface area contributed by atoms with Gasteiger partial charge in [-0.25, -0.2) is 8.42 Å². The monoisotopic (exact) mass is 276 g/mol. The van der Waals surface area contributed by atoms with Crippen molar-refractivity contribution in [1.82, 2.24) is 5.32 Å². The Bertz CT molecular complexity index is 542. The second kappa shape index (κ2) is 4.93. The van der Waals surface area contributed by atoms with Gasteiger partial charge in [0.2, 0.25) is 5.91 Å². The fraction of sp³-hybridized carbons (Fsp3) is 0.300. The molecule has 17 heavy (non-hydrogen) atoms. The molecular weight excluding hydrogens is 264 g/mol. The van der Waals surface area contributed by atoms with Crippen molar-refractivity contribution in [3.63, 3.8) is 0 Å². The van der Waals surface area contributed by atoms with Crippen molar-refractivity contribution in [1.29, 1.82) is 0 Å². The second-order valence-corrected chi connectivity index (χ2v) is 6.16. The lowest BCUT2D eigenvalue weighted by Gasteiger charge is -2.13. The molecule has 0 saturated heterocycles. The van der Waals surface area contributed by atoms with Gasteiger partial charge in [0.05, 0.1) is 10.6 Å². The molecule has 0 aromatic heterocycles. The Hall–Kier alpha value is -1.27. The summed E-state index contributed by atoms with van der Waals surface area (Å²) in [5.41, 5.74) is 5.66. The van der Waals surface area contributed by atoms with E-state index >= 15 is 0 Å². The number of benzene rings is 1. The number of nitrogen functional groups attached to an aromatic ring is 1. The first-order chi connectivity index (χ1) is 7.80. The number of rotatable bonds is 3. The molecule has 0 heterocycles. The van der Waals surface area contributed by atoms with Gasteiger partial charge in [-0.05, 0) is 25.1 Å². The van der Waals surface area contributed by atoms with E-state index in [2.05, 4.69) is 5.32 Å². The van der Waals surface area contributed by atoms with Crippen LogP contribution in [-0.2, 0) is 14.6 Å². The minimum absolute atomic E-state index is 0.0742. The van der Waals surface area contributed by atoms with Crippen LogP contribution in [0.1, 0.15) is 6.92 Å². The Morgan fingerprint density at radius 2 is 2.06 bits per heavy atom. The number of anilines is 1. The van der Waals surface area contributed by atoms with Crippen LogP contribution in [0, 0.1) is 0 Å². The molecular formula is C10H13ClN2O3S. The molecule has 0 aliphatic carbocycles. The van der Waals surface area contributed by atoms with Crippen molar-refractivity contribution in [3.8, 4) is 0 Å². The van der Waals surface area contributed by atoms with Crippen LogP contribution in [0.25, 0.3) is 0 Å². The number of hydrogen-bond donors (Lipinski definition) is 2. The number of hydrogen-bond acceptors (Lipinski definition) is 4. The van der Waals surface area contributed by atoms with Gasteiger partial charge in [-0.3, -0.25) is 4.79 Å². The fourth-order valence-electron chi connectivity index (χ4n) is 1.29. The van der Waals surface area contributed by atoms with Gasteiger partial charge in [-0.15, -0.1) is 0 Å². The highest BCUT2D eigenvalue weighted by Crippen LogP contribution is 2.26. The van der Waals surface area contributed by atoms with E-state index in [4.69, 9.17) is 17.3 Å². The molecule has 1 amide bonds. The maximum absolute atomic E-state index is 12.1. The van der Waals surface area contributed by atoms with Crippen LogP contribution in [0.2, 0.25) is 5.02 Å². The smallest absolute Gasteiger partial charge is 0.238 e. The van der Waals surface area contributed by atoms with Gasteiger partial charge < -0.3 is 11.1 Å². The third-order valence-electron chi connectivity index (χ3n) is 2.36. The Balaban J connectivity index is 3.31. The molecule has 0 spiro atoms. The van der Waals surface area contributed by atoms with E-state index in [0.29, 0.717) is 0 Å². The third-order valence-corrected chi connectivity index (χ3v) is 4.71. The van der Waals surface area contributed by atoms with Gasteiger partial charge >= 0.3 is 0 Å². The fourth-order valence-corrected chi connectivity index (χ4v) is 2.99. The number of sulfone groups is 1. The van der Waals surface area contributed by atoms with E-state index in [1.807, 2.05) is 0 Å². The van der Waals surface area contributed by atoms with Crippen LogP contribution in [0.3, 0.4) is 0 Å². The Labute approximate surface area is 105 Å². The number of carbonyl (C=O) groups is 1. The first kappa shape index (κ1) is 13.8. The second-order valence-electron chi connectivity index (χ2n) is 3.48. The highest BCUT2D eigenvalue weighted by Gasteiger charge is 2.30. The van der Waals surface area contributed by atoms with E-state index < -0.39 is 21.0 Å². The average Bonchev–Trinajstić information content (AvgIpc) is 2.30. The molecule has 7 heteroatoms. The molecule has 1 atom stereocenters. The summed E-state index contributed by atoms with van der Waals surface area (Å²) in [7, 11) is -2.45. The molecule has 1 unspecified atom stereocenters. The maximum Gasteiger partial charge on any atom is 0.238 e. The Morgan fingerprint density at radius 1 is 1.47 bits per heavy atom. The molecule has 1 rings (SSSR count). The summed E-state index contributed by atoms with van der Waals surface area (Å²) in [6.07, 6.45) is 0. The summed E-state index contributed by atoms with van der Waals surface area (Å²) in [5.74, 6) is -0.593. The van der Waals surface area contributed by atoms with Crippen molar-refractivity contribution >= 4 is 33.0 Å². The topological polar surface area (TPSA) is 89.3 Å². The number of nitrogens with one attached hydrogen (secondary N) is 1. The minimum Gasteiger partial charge on any atom is -0.398 e. The van der Waals surface area contributed by atoms with Gasteiger partial charge in [0.25, 0.3) is 0 Å². The predicted octanol–water partition coefficient (Wildman–Crippen LogP) is 0.830.